The molecule has 1 heterocycles. The molecule has 0 saturated heterocycles. The summed E-state index contributed by atoms with van der Waals surface area (Å²) >= 11 is 15.1. The molecule has 0 fully saturated rings. The summed E-state index contributed by atoms with van der Waals surface area (Å²) in [6.45, 7) is 0. The predicted octanol–water partition coefficient (Wildman–Crippen LogP) is 6.70. The van der Waals surface area contributed by atoms with E-state index in [-0.39, 0.29) is 15.6 Å². The molecule has 27 heavy (non-hydrogen) atoms. The van der Waals surface area contributed by atoms with E-state index in [9.17, 15) is 13.2 Å². The Hall–Kier alpha value is -1.83. The van der Waals surface area contributed by atoms with Gasteiger partial charge in [-0.15, -0.1) is 0 Å². The van der Waals surface area contributed by atoms with Gasteiger partial charge in [-0.3, -0.25) is 0 Å². The van der Waals surface area contributed by atoms with Gasteiger partial charge in [0.05, 0.1) is 11.6 Å². The highest BCUT2D eigenvalue weighted by Gasteiger charge is 2.39. The van der Waals surface area contributed by atoms with Crippen LogP contribution in [0.1, 0.15) is 17.0 Å². The summed E-state index contributed by atoms with van der Waals surface area (Å²) < 4.78 is 42.8. The second kappa shape index (κ2) is 8.04. The molecule has 0 spiro atoms. The Morgan fingerprint density at radius 2 is 1.78 bits per heavy atom. The van der Waals surface area contributed by atoms with E-state index < -0.39 is 12.1 Å². The van der Waals surface area contributed by atoms with Crippen LogP contribution in [-0.4, -0.2) is 20.9 Å². The molecule has 9 heteroatoms. The highest BCUT2D eigenvalue weighted by Crippen LogP contribution is 2.38. The molecule has 1 aromatic heterocycles. The zero-order valence-corrected chi connectivity index (χ0v) is 16.6. The number of halogens is 6. The van der Waals surface area contributed by atoms with Crippen LogP contribution in [-0.2, 0) is 0 Å². The first-order chi connectivity index (χ1) is 12.7. The number of hydrogen-bond donors (Lipinski definition) is 0. The van der Waals surface area contributed by atoms with Crippen LogP contribution in [0.15, 0.2) is 59.6 Å². The van der Waals surface area contributed by atoms with Crippen molar-refractivity contribution in [2.24, 2.45) is 0 Å². The monoisotopic (exact) mass is 475 g/mol. The smallest absolute Gasteiger partial charge is 0.223 e. The van der Waals surface area contributed by atoms with Crippen LogP contribution >= 0.6 is 39.1 Å². The summed E-state index contributed by atoms with van der Waals surface area (Å²) in [6, 6.07) is 9.04. The average molecular weight is 477 g/mol. The summed E-state index contributed by atoms with van der Waals surface area (Å²) in [4.78, 5) is 3.87. The van der Waals surface area contributed by atoms with Crippen LogP contribution in [0, 0.1) is 0 Å². The number of benzene rings is 2. The first kappa shape index (κ1) is 19.9. The number of rotatable bonds is 4. The van der Waals surface area contributed by atoms with Gasteiger partial charge in [-0.25, -0.2) is 9.67 Å². The Labute approximate surface area is 171 Å². The molecule has 1 unspecified atom stereocenters. The van der Waals surface area contributed by atoms with Gasteiger partial charge in [0.2, 0.25) is 0 Å². The molecule has 0 bridgehead atoms. The molecule has 0 aliphatic heterocycles. The Balaban J connectivity index is 1.92. The maximum Gasteiger partial charge on any atom is 0.399 e. The third-order valence-electron chi connectivity index (χ3n) is 3.72. The van der Waals surface area contributed by atoms with Crippen molar-refractivity contribution in [1.29, 1.82) is 0 Å². The Bertz CT molecular complexity index is 952. The van der Waals surface area contributed by atoms with Crippen molar-refractivity contribution < 1.29 is 13.2 Å². The maximum absolute atomic E-state index is 13.5. The van der Waals surface area contributed by atoms with Crippen LogP contribution in [0.4, 0.5) is 13.2 Å². The number of alkyl halides is 3. The minimum absolute atomic E-state index is 0.0189. The van der Waals surface area contributed by atoms with E-state index in [1.54, 1.807) is 22.9 Å². The molecule has 3 aromatic rings. The van der Waals surface area contributed by atoms with E-state index in [2.05, 4.69) is 26.0 Å². The van der Waals surface area contributed by atoms with Gasteiger partial charge in [0.15, 0.2) is 0 Å². The quantitative estimate of drug-likeness (QED) is 0.419. The standard InChI is InChI=1S/C18H11BrCl2F3N3/c19-16-5-11(2-4-17(16)27-10-25-9-26-27)1-3-15(18(22,23)24)12-6-13(20)8-14(21)7-12/h1-10,15H. The molecule has 1 atom stereocenters. The Morgan fingerprint density at radius 1 is 1.07 bits per heavy atom. The minimum atomic E-state index is -4.48. The molecular weight excluding hydrogens is 466 g/mol. The van der Waals surface area contributed by atoms with E-state index in [4.69, 9.17) is 23.2 Å². The highest BCUT2D eigenvalue weighted by atomic mass is 79.9. The van der Waals surface area contributed by atoms with Gasteiger partial charge in [0.25, 0.3) is 0 Å². The number of aromatic nitrogens is 3. The summed E-state index contributed by atoms with van der Waals surface area (Å²) in [7, 11) is 0. The van der Waals surface area contributed by atoms with Crippen LogP contribution in [0.2, 0.25) is 10.0 Å². The number of hydrogen-bond acceptors (Lipinski definition) is 2. The SMILES string of the molecule is FC(F)(F)C(C=Cc1ccc(-n2cncn2)c(Br)c1)c1cc(Cl)cc(Cl)c1. The molecule has 3 nitrogen and oxygen atoms in total. The normalized spacial score (nSPS) is 13.3. The van der Waals surface area contributed by atoms with Crippen molar-refractivity contribution in [3.05, 3.63) is 80.8 Å². The summed E-state index contributed by atoms with van der Waals surface area (Å²) in [5, 5.41) is 4.33. The van der Waals surface area contributed by atoms with Crippen molar-refractivity contribution >= 4 is 45.2 Å². The molecular formula is C18H11BrCl2F3N3. The Kier molecular flexibility index (Phi) is 5.93. The predicted molar refractivity (Wildman–Crippen MR) is 103 cm³/mol. The van der Waals surface area contributed by atoms with Gasteiger partial charge < -0.3 is 0 Å². The van der Waals surface area contributed by atoms with Crippen LogP contribution < -0.4 is 0 Å². The molecule has 3 rings (SSSR count). The van der Waals surface area contributed by atoms with E-state index in [1.807, 2.05) is 0 Å². The van der Waals surface area contributed by atoms with Gasteiger partial charge >= 0.3 is 6.18 Å². The van der Waals surface area contributed by atoms with E-state index in [0.717, 1.165) is 11.8 Å². The van der Waals surface area contributed by atoms with Gasteiger partial charge in [-0.05, 0) is 57.4 Å². The lowest BCUT2D eigenvalue weighted by Gasteiger charge is -2.18. The fourth-order valence-corrected chi connectivity index (χ4v) is 3.64. The lowest BCUT2D eigenvalue weighted by atomic mass is 9.97. The average Bonchev–Trinajstić information content (AvgIpc) is 3.07. The first-order valence-electron chi connectivity index (χ1n) is 7.59. The lowest BCUT2D eigenvalue weighted by Crippen LogP contribution is -2.18. The van der Waals surface area contributed by atoms with Crippen molar-refractivity contribution in [2.75, 3.05) is 0 Å². The fourth-order valence-electron chi connectivity index (χ4n) is 2.52. The van der Waals surface area contributed by atoms with Crippen molar-refractivity contribution in [3.8, 4) is 5.69 Å². The van der Waals surface area contributed by atoms with Crippen molar-refractivity contribution in [3.63, 3.8) is 0 Å². The van der Waals surface area contributed by atoms with E-state index in [1.165, 1.54) is 36.9 Å². The van der Waals surface area contributed by atoms with Gasteiger partial charge in [-0.1, -0.05) is 41.4 Å². The minimum Gasteiger partial charge on any atom is -0.223 e. The van der Waals surface area contributed by atoms with Gasteiger partial charge in [0.1, 0.15) is 12.7 Å². The largest absolute Gasteiger partial charge is 0.399 e. The van der Waals surface area contributed by atoms with Gasteiger partial charge in [0, 0.05) is 14.5 Å². The third-order valence-corrected chi connectivity index (χ3v) is 4.79. The second-order valence-electron chi connectivity index (χ2n) is 5.63. The molecule has 0 aliphatic carbocycles. The third kappa shape index (κ3) is 4.91. The topological polar surface area (TPSA) is 30.7 Å². The molecule has 2 aromatic carbocycles. The molecule has 0 aliphatic rings. The molecule has 0 N–H and O–H groups in total. The molecule has 0 saturated carbocycles. The number of nitrogens with zero attached hydrogens (tertiary/aromatic N) is 3. The fraction of sp³-hybridized carbons (Fsp3) is 0.111. The van der Waals surface area contributed by atoms with Crippen molar-refractivity contribution in [1.82, 2.24) is 14.8 Å². The Morgan fingerprint density at radius 3 is 2.33 bits per heavy atom. The molecule has 0 amide bonds. The second-order valence-corrected chi connectivity index (χ2v) is 7.36. The van der Waals surface area contributed by atoms with Crippen LogP contribution in [0.5, 0.6) is 0 Å². The summed E-state index contributed by atoms with van der Waals surface area (Å²) in [5.41, 5.74) is 1.29. The summed E-state index contributed by atoms with van der Waals surface area (Å²) in [5.74, 6) is -1.83. The molecule has 140 valence electrons. The lowest BCUT2D eigenvalue weighted by molar-refractivity contribution is -0.139. The van der Waals surface area contributed by atoms with Gasteiger partial charge in [-0.2, -0.15) is 18.3 Å². The zero-order valence-electron chi connectivity index (χ0n) is 13.5. The maximum atomic E-state index is 13.5. The van der Waals surface area contributed by atoms with Crippen LogP contribution in [0.25, 0.3) is 11.8 Å². The number of allylic oxidation sites excluding steroid dienone is 1. The zero-order chi connectivity index (χ0) is 19.6. The van der Waals surface area contributed by atoms with Crippen LogP contribution in [0.3, 0.4) is 0 Å². The highest BCUT2D eigenvalue weighted by molar-refractivity contribution is 9.10. The van der Waals surface area contributed by atoms with E-state index in [0.29, 0.717) is 10.0 Å². The molecule has 0 radical (unpaired) electrons. The summed E-state index contributed by atoms with van der Waals surface area (Å²) in [6.07, 6.45) is 0.923. The first-order valence-corrected chi connectivity index (χ1v) is 9.14. The van der Waals surface area contributed by atoms with Crippen molar-refractivity contribution in [2.45, 2.75) is 12.1 Å². The van der Waals surface area contributed by atoms with E-state index >= 15 is 0 Å².